The molecule has 26 heavy (non-hydrogen) atoms. The van der Waals surface area contributed by atoms with E-state index < -0.39 is 0 Å². The average Bonchev–Trinajstić information content (AvgIpc) is 2.59. The van der Waals surface area contributed by atoms with E-state index in [0.717, 1.165) is 17.6 Å². The first-order valence-corrected chi connectivity index (χ1v) is 9.57. The van der Waals surface area contributed by atoms with Crippen LogP contribution in [-0.4, -0.2) is 12.9 Å². The summed E-state index contributed by atoms with van der Waals surface area (Å²) in [6, 6.07) is 10.4. The van der Waals surface area contributed by atoms with Gasteiger partial charge >= 0.3 is 0 Å². The van der Waals surface area contributed by atoms with Gasteiger partial charge in [-0.15, -0.1) is 0 Å². The maximum absolute atomic E-state index is 11.3. The summed E-state index contributed by atoms with van der Waals surface area (Å²) >= 11 is 0. The molecule has 0 unspecified atom stereocenters. The third-order valence-electron chi connectivity index (χ3n) is 5.93. The predicted molar refractivity (Wildman–Crippen MR) is 108 cm³/mol. The van der Waals surface area contributed by atoms with Crippen LogP contribution in [0.1, 0.15) is 74.5 Å². The zero-order chi connectivity index (χ0) is 19.1. The molecule has 0 bridgehead atoms. The lowest BCUT2D eigenvalue weighted by Gasteiger charge is -2.42. The summed E-state index contributed by atoms with van der Waals surface area (Å²) in [5.74, 6) is 0.842. The van der Waals surface area contributed by atoms with Gasteiger partial charge in [0.15, 0.2) is 0 Å². The number of ether oxygens (including phenoxy) is 1. The zero-order valence-corrected chi connectivity index (χ0v) is 16.9. The fraction of sp³-hybridized carbons (Fsp3) is 0.458. The van der Waals surface area contributed by atoms with Gasteiger partial charge in [-0.25, -0.2) is 0 Å². The molecule has 0 radical (unpaired) electrons. The molecule has 3 rings (SSSR count). The van der Waals surface area contributed by atoms with Crippen LogP contribution in [0, 0.1) is 6.92 Å². The fourth-order valence-corrected chi connectivity index (χ4v) is 4.13. The van der Waals surface area contributed by atoms with Gasteiger partial charge in [-0.1, -0.05) is 33.8 Å². The Morgan fingerprint density at radius 2 is 1.58 bits per heavy atom. The van der Waals surface area contributed by atoms with E-state index in [4.69, 9.17) is 4.74 Å². The second kappa shape index (κ2) is 6.57. The van der Waals surface area contributed by atoms with E-state index in [1.807, 2.05) is 25.1 Å². The quantitative estimate of drug-likeness (QED) is 0.612. The van der Waals surface area contributed by atoms with Crippen molar-refractivity contribution >= 4 is 6.29 Å². The molecule has 2 aromatic carbocycles. The van der Waals surface area contributed by atoms with Gasteiger partial charge in [0.05, 0.1) is 6.61 Å². The third kappa shape index (κ3) is 3.18. The zero-order valence-electron chi connectivity index (χ0n) is 16.9. The summed E-state index contributed by atoms with van der Waals surface area (Å²) in [4.78, 5) is 11.3. The molecule has 0 saturated carbocycles. The number of aldehydes is 1. The smallest absolute Gasteiger partial charge is 0.150 e. The summed E-state index contributed by atoms with van der Waals surface area (Å²) < 4.78 is 5.87. The molecule has 138 valence electrons. The average molecular weight is 351 g/mol. The Morgan fingerprint density at radius 3 is 2.15 bits per heavy atom. The van der Waals surface area contributed by atoms with E-state index in [9.17, 15) is 4.79 Å². The van der Waals surface area contributed by atoms with E-state index in [0.29, 0.717) is 12.2 Å². The number of carbonyl (C=O) groups is 1. The molecule has 2 nitrogen and oxygen atoms in total. The summed E-state index contributed by atoms with van der Waals surface area (Å²) in [6.07, 6.45) is 3.29. The predicted octanol–water partition coefficient (Wildman–Crippen LogP) is 6.22. The summed E-state index contributed by atoms with van der Waals surface area (Å²) in [5, 5.41) is 0. The van der Waals surface area contributed by atoms with E-state index >= 15 is 0 Å². The number of benzene rings is 2. The van der Waals surface area contributed by atoms with Crippen LogP contribution in [-0.2, 0) is 10.8 Å². The van der Waals surface area contributed by atoms with Crippen molar-refractivity contribution in [3.8, 4) is 16.9 Å². The Bertz CT molecular complexity index is 844. The highest BCUT2D eigenvalue weighted by Gasteiger charge is 2.37. The molecule has 1 aliphatic rings. The van der Waals surface area contributed by atoms with Crippen molar-refractivity contribution in [2.24, 2.45) is 0 Å². The Labute approximate surface area is 157 Å². The fourth-order valence-electron chi connectivity index (χ4n) is 4.13. The number of hydrogen-bond donors (Lipinski definition) is 0. The van der Waals surface area contributed by atoms with E-state index in [-0.39, 0.29) is 10.8 Å². The van der Waals surface area contributed by atoms with Crippen molar-refractivity contribution < 1.29 is 9.53 Å². The van der Waals surface area contributed by atoms with Crippen LogP contribution in [0.5, 0.6) is 5.75 Å². The minimum absolute atomic E-state index is 0.154. The second-order valence-electron chi connectivity index (χ2n) is 8.79. The summed E-state index contributed by atoms with van der Waals surface area (Å²) in [6.45, 7) is 14.1. The molecule has 0 saturated heterocycles. The SMILES string of the molecule is CCOc1ccc(C=O)cc1-c1cc2c(cc1C)C(C)(C)CCC2(C)C. The van der Waals surface area contributed by atoms with Gasteiger partial charge in [0.25, 0.3) is 0 Å². The normalized spacial score (nSPS) is 17.5. The molecule has 2 aromatic rings. The van der Waals surface area contributed by atoms with Crippen LogP contribution < -0.4 is 4.74 Å². The number of fused-ring (bicyclic) bond motifs is 1. The van der Waals surface area contributed by atoms with Crippen LogP contribution in [0.4, 0.5) is 0 Å². The Balaban J connectivity index is 2.26. The van der Waals surface area contributed by atoms with Crippen molar-refractivity contribution in [1.29, 1.82) is 0 Å². The Kier molecular flexibility index (Phi) is 4.72. The standard InChI is InChI=1S/C24H30O2/c1-7-26-22-9-8-17(15-25)13-19(22)18-14-21-20(12-16(18)2)23(3,4)10-11-24(21,5)6/h8-9,12-15H,7,10-11H2,1-6H3. The lowest BCUT2D eigenvalue weighted by Crippen LogP contribution is -2.34. The molecular formula is C24H30O2. The molecule has 0 heterocycles. The van der Waals surface area contributed by atoms with Crippen LogP contribution in [0.25, 0.3) is 11.1 Å². The summed E-state index contributed by atoms with van der Waals surface area (Å²) in [7, 11) is 0. The molecule has 0 aromatic heterocycles. The minimum atomic E-state index is 0.154. The third-order valence-corrected chi connectivity index (χ3v) is 5.93. The highest BCUT2D eigenvalue weighted by molar-refractivity contribution is 5.83. The minimum Gasteiger partial charge on any atom is -0.493 e. The van der Waals surface area contributed by atoms with Gasteiger partial charge in [0.2, 0.25) is 0 Å². The molecule has 0 N–H and O–H groups in total. The highest BCUT2D eigenvalue weighted by Crippen LogP contribution is 2.48. The maximum Gasteiger partial charge on any atom is 0.150 e. The van der Waals surface area contributed by atoms with Crippen LogP contribution in [0.3, 0.4) is 0 Å². The van der Waals surface area contributed by atoms with Gasteiger partial charge in [-0.3, -0.25) is 4.79 Å². The molecule has 0 aliphatic heterocycles. The number of aryl methyl sites for hydroxylation is 1. The number of hydrogen-bond acceptors (Lipinski definition) is 2. The van der Waals surface area contributed by atoms with Crippen LogP contribution in [0.2, 0.25) is 0 Å². The van der Waals surface area contributed by atoms with E-state index in [2.05, 4.69) is 46.8 Å². The Morgan fingerprint density at radius 1 is 0.962 bits per heavy atom. The molecule has 0 atom stereocenters. The second-order valence-corrected chi connectivity index (χ2v) is 8.79. The van der Waals surface area contributed by atoms with Gasteiger partial charge in [-0.2, -0.15) is 0 Å². The largest absolute Gasteiger partial charge is 0.493 e. The molecule has 1 aliphatic carbocycles. The van der Waals surface area contributed by atoms with Gasteiger partial charge in [0, 0.05) is 11.1 Å². The highest BCUT2D eigenvalue weighted by atomic mass is 16.5. The van der Waals surface area contributed by atoms with E-state index in [1.54, 1.807) is 0 Å². The van der Waals surface area contributed by atoms with Crippen molar-refractivity contribution in [1.82, 2.24) is 0 Å². The molecule has 0 spiro atoms. The Hall–Kier alpha value is -2.09. The molecular weight excluding hydrogens is 320 g/mol. The van der Waals surface area contributed by atoms with Crippen LogP contribution in [0.15, 0.2) is 30.3 Å². The maximum atomic E-state index is 11.3. The van der Waals surface area contributed by atoms with Crippen molar-refractivity contribution in [3.63, 3.8) is 0 Å². The first-order chi connectivity index (χ1) is 12.2. The van der Waals surface area contributed by atoms with Gasteiger partial charge < -0.3 is 4.74 Å². The van der Waals surface area contributed by atoms with Crippen molar-refractivity contribution in [2.75, 3.05) is 6.61 Å². The lowest BCUT2D eigenvalue weighted by molar-refractivity contribution is 0.112. The monoisotopic (exact) mass is 350 g/mol. The van der Waals surface area contributed by atoms with Crippen molar-refractivity contribution in [3.05, 3.63) is 52.6 Å². The number of carbonyl (C=O) groups excluding carboxylic acids is 1. The van der Waals surface area contributed by atoms with E-state index in [1.165, 1.54) is 35.1 Å². The topological polar surface area (TPSA) is 26.3 Å². The number of rotatable bonds is 4. The molecule has 0 fully saturated rings. The first kappa shape index (κ1) is 18.7. The summed E-state index contributed by atoms with van der Waals surface area (Å²) in [5.41, 5.74) is 7.33. The van der Waals surface area contributed by atoms with Crippen molar-refractivity contribution in [2.45, 2.75) is 65.2 Å². The van der Waals surface area contributed by atoms with Crippen LogP contribution >= 0.6 is 0 Å². The van der Waals surface area contributed by atoms with Gasteiger partial charge in [-0.05, 0) is 84.0 Å². The molecule has 2 heteroatoms. The lowest BCUT2D eigenvalue weighted by atomic mass is 9.62. The molecule has 0 amide bonds. The van der Waals surface area contributed by atoms with Gasteiger partial charge in [0.1, 0.15) is 12.0 Å². The first-order valence-electron chi connectivity index (χ1n) is 9.57.